The molecule has 1 aromatic carbocycles. The van der Waals surface area contributed by atoms with Crippen LogP contribution < -0.4 is 10.6 Å². The first kappa shape index (κ1) is 19.4. The molecular formula is C16H12F3N3O6. The van der Waals surface area contributed by atoms with Crippen LogP contribution >= 0.6 is 0 Å². The summed E-state index contributed by atoms with van der Waals surface area (Å²) in [5.41, 5.74) is -2.93. The maximum atomic E-state index is 13.3. The van der Waals surface area contributed by atoms with Crippen molar-refractivity contribution in [3.63, 3.8) is 0 Å². The summed E-state index contributed by atoms with van der Waals surface area (Å²) < 4.78 is 44.7. The van der Waals surface area contributed by atoms with Gasteiger partial charge in [-0.15, -0.1) is 0 Å². The van der Waals surface area contributed by atoms with E-state index < -0.39 is 52.2 Å². The van der Waals surface area contributed by atoms with Gasteiger partial charge in [0.1, 0.15) is 22.6 Å². The zero-order chi connectivity index (χ0) is 20.7. The number of hydrogen-bond donors (Lipinski definition) is 3. The Balaban J connectivity index is 2.17. The van der Waals surface area contributed by atoms with E-state index in [4.69, 9.17) is 4.42 Å². The summed E-state index contributed by atoms with van der Waals surface area (Å²) in [6, 6.07) is 5.66. The minimum absolute atomic E-state index is 0.182. The highest BCUT2D eigenvalue weighted by molar-refractivity contribution is 5.91. The van der Waals surface area contributed by atoms with Crippen molar-refractivity contribution in [3.8, 4) is 0 Å². The predicted molar refractivity (Wildman–Crippen MR) is 84.7 cm³/mol. The van der Waals surface area contributed by atoms with Gasteiger partial charge >= 0.3 is 18.1 Å². The summed E-state index contributed by atoms with van der Waals surface area (Å²) in [5.74, 6) is -5.96. The second kappa shape index (κ2) is 6.64. The maximum absolute atomic E-state index is 13.3. The summed E-state index contributed by atoms with van der Waals surface area (Å²) in [6.07, 6.45) is -5.37. The van der Waals surface area contributed by atoms with Crippen LogP contribution in [0, 0.1) is 16.0 Å². The molecule has 0 spiro atoms. The van der Waals surface area contributed by atoms with Crippen LogP contribution in [0.4, 0.5) is 23.8 Å². The highest BCUT2D eigenvalue weighted by Crippen LogP contribution is 2.43. The van der Waals surface area contributed by atoms with Gasteiger partial charge in [-0.3, -0.25) is 14.9 Å². The molecule has 0 radical (unpaired) electrons. The van der Waals surface area contributed by atoms with Crippen LogP contribution in [0.2, 0.25) is 0 Å². The van der Waals surface area contributed by atoms with E-state index in [1.807, 2.05) is 5.32 Å². The molecule has 1 saturated heterocycles. The van der Waals surface area contributed by atoms with Crippen LogP contribution in [0.1, 0.15) is 17.4 Å². The molecule has 9 nitrogen and oxygen atoms in total. The van der Waals surface area contributed by atoms with Crippen LogP contribution in [-0.4, -0.2) is 28.0 Å². The Morgan fingerprint density at radius 3 is 2.39 bits per heavy atom. The molecule has 1 aliphatic heterocycles. The standard InChI is InChI=1S/C16H12F3N3O6/c17-16(18,19)13(23)11-12(9-6-7-10(28-9)22(26)27)20-14(24)21-15(11,25)8-4-2-1-3-5-8/h1-7,11-12,25H,(H2,20,21,24). The van der Waals surface area contributed by atoms with Crippen LogP contribution in [0.3, 0.4) is 0 Å². The molecule has 3 N–H and O–H groups in total. The topological polar surface area (TPSA) is 135 Å². The number of halogens is 3. The van der Waals surface area contributed by atoms with Gasteiger partial charge in [0.2, 0.25) is 5.78 Å². The van der Waals surface area contributed by atoms with Gasteiger partial charge in [-0.1, -0.05) is 30.3 Å². The number of carbonyl (C=O) groups excluding carboxylic acids is 2. The van der Waals surface area contributed by atoms with E-state index in [1.165, 1.54) is 30.3 Å². The van der Waals surface area contributed by atoms with Gasteiger partial charge in [0.05, 0.1) is 6.07 Å². The fourth-order valence-corrected chi connectivity index (χ4v) is 3.06. The van der Waals surface area contributed by atoms with Crippen molar-refractivity contribution >= 4 is 17.7 Å². The van der Waals surface area contributed by atoms with Crippen molar-refractivity contribution in [1.29, 1.82) is 0 Å². The van der Waals surface area contributed by atoms with Gasteiger partial charge in [-0.25, -0.2) is 4.79 Å². The van der Waals surface area contributed by atoms with Gasteiger partial charge in [0, 0.05) is 5.56 Å². The second-order valence-corrected chi connectivity index (χ2v) is 5.98. The van der Waals surface area contributed by atoms with Gasteiger partial charge in [0.25, 0.3) is 0 Å². The fourth-order valence-electron chi connectivity index (χ4n) is 3.06. The number of nitrogens with one attached hydrogen (secondary N) is 2. The third kappa shape index (κ3) is 3.29. The maximum Gasteiger partial charge on any atom is 0.450 e. The highest BCUT2D eigenvalue weighted by Gasteiger charge is 2.60. The number of amides is 2. The van der Waals surface area contributed by atoms with E-state index in [2.05, 4.69) is 5.32 Å². The molecular weight excluding hydrogens is 387 g/mol. The monoisotopic (exact) mass is 399 g/mol. The van der Waals surface area contributed by atoms with E-state index in [-0.39, 0.29) is 5.56 Å². The lowest BCUT2D eigenvalue weighted by Gasteiger charge is -2.44. The Bertz CT molecular complexity index is 929. The molecule has 1 fully saturated rings. The molecule has 148 valence electrons. The summed E-state index contributed by atoms with van der Waals surface area (Å²) in [5, 5.41) is 25.8. The highest BCUT2D eigenvalue weighted by atomic mass is 19.4. The van der Waals surface area contributed by atoms with Crippen molar-refractivity contribution in [2.45, 2.75) is 17.9 Å². The lowest BCUT2D eigenvalue weighted by molar-refractivity contribution is -0.402. The Kier molecular flexibility index (Phi) is 4.59. The summed E-state index contributed by atoms with van der Waals surface area (Å²) >= 11 is 0. The first-order chi connectivity index (χ1) is 13.0. The molecule has 3 rings (SSSR count). The molecule has 1 aromatic heterocycles. The number of carbonyl (C=O) groups is 2. The van der Waals surface area contributed by atoms with E-state index >= 15 is 0 Å². The predicted octanol–water partition coefficient (Wildman–Crippen LogP) is 2.13. The number of Topliss-reactive ketones (excluding diaryl/α,β-unsaturated/α-hetero) is 1. The van der Waals surface area contributed by atoms with Gasteiger partial charge in [-0.05, 0) is 6.07 Å². The van der Waals surface area contributed by atoms with E-state index in [1.54, 1.807) is 0 Å². The average Bonchev–Trinajstić information content (AvgIpc) is 3.11. The molecule has 0 bridgehead atoms. The number of benzene rings is 1. The molecule has 1 aliphatic rings. The van der Waals surface area contributed by atoms with Crippen molar-refractivity contribution in [3.05, 3.63) is 63.9 Å². The minimum atomic E-state index is -5.37. The molecule has 28 heavy (non-hydrogen) atoms. The van der Waals surface area contributed by atoms with E-state index in [9.17, 15) is 38.0 Å². The van der Waals surface area contributed by atoms with Crippen LogP contribution in [0.15, 0.2) is 46.9 Å². The normalized spacial score (nSPS) is 24.9. The first-order valence-corrected chi connectivity index (χ1v) is 7.76. The Labute approximate surface area is 154 Å². The molecule has 2 amide bonds. The number of urea groups is 1. The number of furan rings is 1. The quantitative estimate of drug-likeness (QED) is 0.533. The number of alkyl halides is 3. The van der Waals surface area contributed by atoms with Gasteiger partial charge in [0.15, 0.2) is 5.72 Å². The largest absolute Gasteiger partial charge is 0.450 e. The lowest BCUT2D eigenvalue weighted by Crippen LogP contribution is -2.66. The smallest absolute Gasteiger partial charge is 0.404 e. The van der Waals surface area contributed by atoms with Gasteiger partial charge in [-0.2, -0.15) is 13.2 Å². The van der Waals surface area contributed by atoms with Crippen molar-refractivity contribution in [2.24, 2.45) is 5.92 Å². The van der Waals surface area contributed by atoms with Crippen LogP contribution in [0.25, 0.3) is 0 Å². The Morgan fingerprint density at radius 2 is 1.86 bits per heavy atom. The van der Waals surface area contributed by atoms with Crippen molar-refractivity contribution < 1.29 is 37.2 Å². The number of rotatable bonds is 4. The van der Waals surface area contributed by atoms with Crippen molar-refractivity contribution in [1.82, 2.24) is 10.6 Å². The summed E-state index contributed by atoms with van der Waals surface area (Å²) in [4.78, 5) is 34.1. The first-order valence-electron chi connectivity index (χ1n) is 7.76. The number of ketones is 1. The Hall–Kier alpha value is -3.41. The molecule has 2 aromatic rings. The zero-order valence-electron chi connectivity index (χ0n) is 13.8. The zero-order valence-corrected chi connectivity index (χ0v) is 13.8. The third-order valence-electron chi connectivity index (χ3n) is 4.25. The molecule has 3 unspecified atom stereocenters. The third-order valence-corrected chi connectivity index (χ3v) is 4.25. The molecule has 2 heterocycles. The lowest BCUT2D eigenvalue weighted by atomic mass is 9.77. The van der Waals surface area contributed by atoms with E-state index in [0.717, 1.165) is 12.1 Å². The van der Waals surface area contributed by atoms with Crippen LogP contribution in [-0.2, 0) is 10.5 Å². The second-order valence-electron chi connectivity index (χ2n) is 5.98. The number of hydrogen-bond acceptors (Lipinski definition) is 6. The average molecular weight is 399 g/mol. The fraction of sp³-hybridized carbons (Fsp3) is 0.250. The van der Waals surface area contributed by atoms with Crippen LogP contribution in [0.5, 0.6) is 0 Å². The molecule has 12 heteroatoms. The molecule has 0 aliphatic carbocycles. The minimum Gasteiger partial charge on any atom is -0.404 e. The number of nitro groups is 1. The Morgan fingerprint density at radius 1 is 1.21 bits per heavy atom. The van der Waals surface area contributed by atoms with Crippen molar-refractivity contribution in [2.75, 3.05) is 0 Å². The summed E-state index contributed by atoms with van der Waals surface area (Å²) in [6.45, 7) is 0. The molecule has 3 atom stereocenters. The number of nitrogens with zero attached hydrogens (tertiary/aromatic N) is 1. The van der Waals surface area contributed by atoms with E-state index in [0.29, 0.717) is 0 Å². The molecule has 0 saturated carbocycles. The SMILES string of the molecule is O=C1NC(c2ccc([N+](=O)[O-])o2)C(C(=O)C(F)(F)F)C(O)(c2ccccc2)N1. The summed E-state index contributed by atoms with van der Waals surface area (Å²) in [7, 11) is 0. The number of aliphatic hydroxyl groups is 1. The van der Waals surface area contributed by atoms with Gasteiger partial charge < -0.3 is 20.2 Å².